The molecule has 0 radical (unpaired) electrons. The van der Waals surface area contributed by atoms with Crippen LogP contribution < -0.4 is 10.6 Å². The van der Waals surface area contributed by atoms with Gasteiger partial charge in [0.15, 0.2) is 0 Å². The summed E-state index contributed by atoms with van der Waals surface area (Å²) in [6.45, 7) is 2.00. The molecule has 1 aromatic heterocycles. The average Bonchev–Trinajstić information content (AvgIpc) is 2.33. The van der Waals surface area contributed by atoms with Crippen LogP contribution in [-0.4, -0.2) is 24.0 Å². The number of hydrogen-bond donors (Lipinski definition) is 2. The van der Waals surface area contributed by atoms with Gasteiger partial charge in [-0.2, -0.15) is 0 Å². The maximum atomic E-state index is 11.8. The van der Waals surface area contributed by atoms with E-state index in [4.69, 9.17) is 11.6 Å². The molecule has 2 heterocycles. The predicted octanol–water partition coefficient (Wildman–Crippen LogP) is 2.06. The van der Waals surface area contributed by atoms with Gasteiger partial charge in [-0.3, -0.25) is 4.79 Å². The van der Waals surface area contributed by atoms with Gasteiger partial charge in [0.1, 0.15) is 5.82 Å². The average molecular weight is 254 g/mol. The minimum absolute atomic E-state index is 0.0218. The van der Waals surface area contributed by atoms with Crippen LogP contribution in [0.3, 0.4) is 0 Å². The molecule has 0 aliphatic carbocycles. The highest BCUT2D eigenvalue weighted by molar-refractivity contribution is 6.30. The smallest absolute Gasteiger partial charge is 0.225 e. The van der Waals surface area contributed by atoms with E-state index in [2.05, 4.69) is 15.6 Å². The van der Waals surface area contributed by atoms with Crippen LogP contribution in [0.1, 0.15) is 19.3 Å². The summed E-state index contributed by atoms with van der Waals surface area (Å²) in [7, 11) is 0. The summed E-state index contributed by atoms with van der Waals surface area (Å²) >= 11 is 5.72. The number of anilines is 1. The third-order valence-corrected chi connectivity index (χ3v) is 3.09. The van der Waals surface area contributed by atoms with E-state index in [1.54, 1.807) is 12.1 Å². The molecule has 92 valence electrons. The first kappa shape index (κ1) is 12.3. The molecular weight excluding hydrogens is 238 g/mol. The molecule has 1 aromatic rings. The molecule has 2 rings (SSSR count). The highest BCUT2D eigenvalue weighted by Crippen LogP contribution is 2.15. The number of pyridine rings is 1. The molecule has 0 bridgehead atoms. The van der Waals surface area contributed by atoms with Crippen molar-refractivity contribution in [3.63, 3.8) is 0 Å². The van der Waals surface area contributed by atoms with Crippen molar-refractivity contribution in [2.75, 3.05) is 18.4 Å². The minimum Gasteiger partial charge on any atom is -0.316 e. The van der Waals surface area contributed by atoms with Crippen LogP contribution in [0.25, 0.3) is 0 Å². The first-order chi connectivity index (χ1) is 8.24. The lowest BCUT2D eigenvalue weighted by Crippen LogP contribution is -2.32. The highest BCUT2D eigenvalue weighted by Gasteiger charge is 2.16. The normalized spacial score (nSPS) is 19.9. The van der Waals surface area contributed by atoms with E-state index in [9.17, 15) is 4.79 Å². The van der Waals surface area contributed by atoms with Crippen LogP contribution in [0.15, 0.2) is 18.3 Å². The van der Waals surface area contributed by atoms with E-state index in [1.807, 2.05) is 0 Å². The van der Waals surface area contributed by atoms with Gasteiger partial charge < -0.3 is 10.6 Å². The van der Waals surface area contributed by atoms with Crippen LogP contribution in [0.5, 0.6) is 0 Å². The molecule has 1 aliphatic rings. The Labute approximate surface area is 106 Å². The standard InChI is InChI=1S/C12H16ClN3O/c13-10-3-4-11(15-8-10)16-12(17)6-9-2-1-5-14-7-9/h3-4,8-9,14H,1-2,5-7H2,(H,15,16,17). The van der Waals surface area contributed by atoms with E-state index in [0.29, 0.717) is 23.2 Å². The summed E-state index contributed by atoms with van der Waals surface area (Å²) in [6.07, 6.45) is 4.35. The van der Waals surface area contributed by atoms with Gasteiger partial charge in [-0.15, -0.1) is 0 Å². The molecule has 0 spiro atoms. The quantitative estimate of drug-likeness (QED) is 0.867. The number of halogens is 1. The molecule has 1 aliphatic heterocycles. The van der Waals surface area contributed by atoms with Crippen molar-refractivity contribution >= 4 is 23.3 Å². The third-order valence-electron chi connectivity index (χ3n) is 2.87. The molecule has 1 saturated heterocycles. The molecule has 1 unspecified atom stereocenters. The number of nitrogens with one attached hydrogen (secondary N) is 2. The van der Waals surface area contributed by atoms with Gasteiger partial charge in [0, 0.05) is 12.6 Å². The fourth-order valence-electron chi connectivity index (χ4n) is 2.00. The maximum Gasteiger partial charge on any atom is 0.225 e. The minimum atomic E-state index is 0.0218. The van der Waals surface area contributed by atoms with Crippen LogP contribution in [0.2, 0.25) is 5.02 Å². The third kappa shape index (κ3) is 3.98. The number of amides is 1. The van der Waals surface area contributed by atoms with Gasteiger partial charge in [0.25, 0.3) is 0 Å². The van der Waals surface area contributed by atoms with Gasteiger partial charge in [0.2, 0.25) is 5.91 Å². The number of carbonyl (C=O) groups excluding carboxylic acids is 1. The summed E-state index contributed by atoms with van der Waals surface area (Å²) < 4.78 is 0. The molecule has 0 aromatic carbocycles. The first-order valence-corrected chi connectivity index (χ1v) is 6.24. The second kappa shape index (κ2) is 5.98. The first-order valence-electron chi connectivity index (χ1n) is 5.86. The second-order valence-corrected chi connectivity index (χ2v) is 4.76. The monoisotopic (exact) mass is 253 g/mol. The largest absolute Gasteiger partial charge is 0.316 e. The van der Waals surface area contributed by atoms with Crippen molar-refractivity contribution in [2.24, 2.45) is 5.92 Å². The Kier molecular flexibility index (Phi) is 4.34. The lowest BCUT2D eigenvalue weighted by Gasteiger charge is -2.21. The summed E-state index contributed by atoms with van der Waals surface area (Å²) in [5.74, 6) is 1.02. The Balaban J connectivity index is 1.82. The molecule has 1 amide bonds. The second-order valence-electron chi connectivity index (χ2n) is 4.33. The van der Waals surface area contributed by atoms with Gasteiger partial charge in [-0.05, 0) is 44.0 Å². The number of hydrogen-bond acceptors (Lipinski definition) is 3. The van der Waals surface area contributed by atoms with Crippen molar-refractivity contribution in [3.05, 3.63) is 23.4 Å². The number of carbonyl (C=O) groups is 1. The molecule has 2 N–H and O–H groups in total. The zero-order valence-electron chi connectivity index (χ0n) is 9.58. The summed E-state index contributed by atoms with van der Waals surface area (Å²) in [5.41, 5.74) is 0. The van der Waals surface area contributed by atoms with Crippen LogP contribution in [-0.2, 0) is 4.79 Å². The van der Waals surface area contributed by atoms with Crippen molar-refractivity contribution < 1.29 is 4.79 Å². The Hall–Kier alpha value is -1.13. The van der Waals surface area contributed by atoms with E-state index in [1.165, 1.54) is 6.20 Å². The van der Waals surface area contributed by atoms with E-state index < -0.39 is 0 Å². The van der Waals surface area contributed by atoms with Gasteiger partial charge in [0.05, 0.1) is 5.02 Å². The van der Waals surface area contributed by atoms with Gasteiger partial charge in [-0.1, -0.05) is 11.6 Å². The zero-order chi connectivity index (χ0) is 12.1. The summed E-state index contributed by atoms with van der Waals surface area (Å²) in [4.78, 5) is 15.8. The Bertz CT molecular complexity index is 374. The van der Waals surface area contributed by atoms with Crippen molar-refractivity contribution in [1.82, 2.24) is 10.3 Å². The van der Waals surface area contributed by atoms with Crippen molar-refractivity contribution in [3.8, 4) is 0 Å². The van der Waals surface area contributed by atoms with E-state index >= 15 is 0 Å². The van der Waals surface area contributed by atoms with Gasteiger partial charge >= 0.3 is 0 Å². The van der Waals surface area contributed by atoms with Crippen molar-refractivity contribution in [2.45, 2.75) is 19.3 Å². The Morgan fingerprint density at radius 3 is 3.12 bits per heavy atom. The fourth-order valence-corrected chi connectivity index (χ4v) is 2.12. The van der Waals surface area contributed by atoms with E-state index in [0.717, 1.165) is 25.9 Å². The summed E-state index contributed by atoms with van der Waals surface area (Å²) in [5, 5.41) is 6.65. The van der Waals surface area contributed by atoms with Crippen molar-refractivity contribution in [1.29, 1.82) is 0 Å². The van der Waals surface area contributed by atoms with Gasteiger partial charge in [-0.25, -0.2) is 4.98 Å². The molecule has 4 nitrogen and oxygen atoms in total. The zero-order valence-corrected chi connectivity index (χ0v) is 10.3. The number of nitrogens with zero attached hydrogens (tertiary/aromatic N) is 1. The van der Waals surface area contributed by atoms with Crippen LogP contribution >= 0.6 is 11.6 Å². The Morgan fingerprint density at radius 2 is 2.47 bits per heavy atom. The van der Waals surface area contributed by atoms with Crippen LogP contribution in [0, 0.1) is 5.92 Å². The molecule has 5 heteroatoms. The van der Waals surface area contributed by atoms with Crippen LogP contribution in [0.4, 0.5) is 5.82 Å². The molecule has 0 saturated carbocycles. The summed E-state index contributed by atoms with van der Waals surface area (Å²) in [6, 6.07) is 3.42. The lowest BCUT2D eigenvalue weighted by atomic mass is 9.96. The number of piperidine rings is 1. The topological polar surface area (TPSA) is 54.0 Å². The SMILES string of the molecule is O=C(CC1CCCNC1)Nc1ccc(Cl)cn1. The molecular formula is C12H16ClN3O. The lowest BCUT2D eigenvalue weighted by molar-refractivity contribution is -0.117. The Morgan fingerprint density at radius 1 is 1.59 bits per heavy atom. The highest BCUT2D eigenvalue weighted by atomic mass is 35.5. The molecule has 17 heavy (non-hydrogen) atoms. The fraction of sp³-hybridized carbons (Fsp3) is 0.500. The number of aromatic nitrogens is 1. The predicted molar refractivity (Wildman–Crippen MR) is 68.1 cm³/mol. The molecule has 1 atom stereocenters. The number of rotatable bonds is 3. The van der Waals surface area contributed by atoms with E-state index in [-0.39, 0.29) is 5.91 Å². The maximum absolute atomic E-state index is 11.8. The molecule has 1 fully saturated rings.